The van der Waals surface area contributed by atoms with Gasteiger partial charge in [0.05, 0.1) is 19.2 Å². The zero-order valence-corrected chi connectivity index (χ0v) is 21.0. The maximum Gasteiger partial charge on any atom is 0.225 e. The number of likely N-dealkylation sites (N-methyl/N-ethyl adjacent to an activating group) is 1. The minimum Gasteiger partial charge on any atom is -0.491 e. The lowest BCUT2D eigenvalue weighted by atomic mass is 9.96. The average Bonchev–Trinajstić information content (AvgIpc) is 3.26. The Labute approximate surface area is 207 Å². The highest BCUT2D eigenvalue weighted by molar-refractivity contribution is 6.30. The number of hydrogen-bond donors (Lipinski definition) is 0. The summed E-state index contributed by atoms with van der Waals surface area (Å²) in [5, 5.41) is 5.13. The van der Waals surface area contributed by atoms with Crippen molar-refractivity contribution < 1.29 is 14.3 Å². The number of morpholine rings is 1. The number of aryl methyl sites for hydroxylation is 1. The number of nitrogens with zero attached hydrogens (tertiary/aromatic N) is 5. The van der Waals surface area contributed by atoms with E-state index in [2.05, 4.69) is 35.1 Å². The van der Waals surface area contributed by atoms with Crippen molar-refractivity contribution in [3.63, 3.8) is 0 Å². The fourth-order valence-electron chi connectivity index (χ4n) is 4.59. The Kier molecular flexibility index (Phi) is 8.47. The molecule has 1 amide bonds. The zero-order chi connectivity index (χ0) is 24.0. The van der Waals surface area contributed by atoms with Gasteiger partial charge in [0.1, 0.15) is 18.0 Å². The van der Waals surface area contributed by atoms with Crippen molar-refractivity contribution in [2.45, 2.75) is 38.5 Å². The first-order chi connectivity index (χ1) is 16.4. The van der Waals surface area contributed by atoms with Gasteiger partial charge in [-0.15, -0.1) is 0 Å². The molecule has 0 spiro atoms. The molecule has 8 nitrogen and oxygen atoms in total. The Morgan fingerprint density at radius 1 is 1.18 bits per heavy atom. The van der Waals surface area contributed by atoms with Crippen molar-refractivity contribution in [1.82, 2.24) is 24.5 Å². The molecular formula is C25H36ClN5O3. The van der Waals surface area contributed by atoms with Crippen LogP contribution in [0.4, 0.5) is 0 Å². The summed E-state index contributed by atoms with van der Waals surface area (Å²) >= 11 is 6.02. The Morgan fingerprint density at radius 3 is 2.68 bits per heavy atom. The van der Waals surface area contributed by atoms with Gasteiger partial charge in [-0.2, -0.15) is 5.10 Å². The first-order valence-corrected chi connectivity index (χ1v) is 12.5. The zero-order valence-electron chi connectivity index (χ0n) is 20.3. The Bertz CT molecular complexity index is 929. The van der Waals surface area contributed by atoms with E-state index in [1.807, 2.05) is 27.9 Å². The van der Waals surface area contributed by atoms with Crippen LogP contribution in [-0.4, -0.2) is 95.5 Å². The Hall–Kier alpha value is -2.13. The smallest absolute Gasteiger partial charge is 0.225 e. The number of ether oxygens (including phenoxy) is 2. The molecule has 2 aromatic rings. The van der Waals surface area contributed by atoms with E-state index in [-0.39, 0.29) is 5.91 Å². The third-order valence-electron chi connectivity index (χ3n) is 6.52. The van der Waals surface area contributed by atoms with Gasteiger partial charge in [-0.25, -0.2) is 0 Å². The molecule has 0 unspecified atom stereocenters. The summed E-state index contributed by atoms with van der Waals surface area (Å²) in [6.45, 7) is 9.44. The van der Waals surface area contributed by atoms with Crippen molar-refractivity contribution in [3.05, 3.63) is 47.2 Å². The second kappa shape index (κ2) is 11.5. The first-order valence-electron chi connectivity index (χ1n) is 12.2. The van der Waals surface area contributed by atoms with E-state index in [1.165, 1.54) is 5.56 Å². The van der Waals surface area contributed by atoms with Crippen molar-refractivity contribution in [2.75, 3.05) is 59.5 Å². The molecule has 2 aliphatic rings. The maximum absolute atomic E-state index is 13.3. The molecule has 4 rings (SSSR count). The normalized spacial score (nSPS) is 22.1. The third kappa shape index (κ3) is 6.72. The van der Waals surface area contributed by atoms with E-state index in [1.54, 1.807) is 12.1 Å². The van der Waals surface area contributed by atoms with Gasteiger partial charge < -0.3 is 19.3 Å². The summed E-state index contributed by atoms with van der Waals surface area (Å²) in [6.07, 6.45) is 5.40. The average molecular weight is 490 g/mol. The number of amides is 1. The Morgan fingerprint density at radius 2 is 1.94 bits per heavy atom. The lowest BCUT2D eigenvalue weighted by Crippen LogP contribution is -2.58. The van der Waals surface area contributed by atoms with Gasteiger partial charge in [0.25, 0.3) is 0 Å². The third-order valence-corrected chi connectivity index (χ3v) is 6.77. The molecule has 2 aliphatic heterocycles. The second-order valence-corrected chi connectivity index (χ2v) is 9.89. The van der Waals surface area contributed by atoms with Crippen LogP contribution >= 0.6 is 11.6 Å². The molecule has 2 saturated heterocycles. The number of hydrogen-bond acceptors (Lipinski definition) is 6. The van der Waals surface area contributed by atoms with Gasteiger partial charge in [0, 0.05) is 69.1 Å². The maximum atomic E-state index is 13.3. The quantitative estimate of drug-likeness (QED) is 0.539. The molecule has 9 heteroatoms. The number of aromatic nitrogens is 2. The van der Waals surface area contributed by atoms with Gasteiger partial charge in [-0.3, -0.25) is 14.4 Å². The van der Waals surface area contributed by atoms with Crippen molar-refractivity contribution in [2.24, 2.45) is 0 Å². The highest BCUT2D eigenvalue weighted by Crippen LogP contribution is 2.27. The fourth-order valence-corrected chi connectivity index (χ4v) is 4.72. The van der Waals surface area contributed by atoms with E-state index >= 15 is 0 Å². The molecule has 186 valence electrons. The van der Waals surface area contributed by atoms with Crippen molar-refractivity contribution in [3.8, 4) is 5.75 Å². The molecule has 1 atom stereocenters. The van der Waals surface area contributed by atoms with Gasteiger partial charge in [0.2, 0.25) is 5.91 Å². The van der Waals surface area contributed by atoms with Crippen LogP contribution in [0.1, 0.15) is 25.3 Å². The number of carbonyl (C=O) groups excluding carboxylic acids is 1. The number of halogens is 1. The van der Waals surface area contributed by atoms with Crippen LogP contribution in [0.2, 0.25) is 5.02 Å². The SMILES string of the molecule is CCCn1cc(CN2CCO[C@@](COc3ccc(Cl)cc3)(CC(=O)N3CCN(C)CC3)C2)cn1. The van der Waals surface area contributed by atoms with Crippen molar-refractivity contribution >= 4 is 17.5 Å². The monoisotopic (exact) mass is 489 g/mol. The van der Waals surface area contributed by atoms with Crippen LogP contribution in [0.3, 0.4) is 0 Å². The molecule has 0 bridgehead atoms. The van der Waals surface area contributed by atoms with Crippen LogP contribution in [0, 0.1) is 0 Å². The molecule has 2 fully saturated rings. The topological polar surface area (TPSA) is 63.1 Å². The lowest BCUT2D eigenvalue weighted by molar-refractivity contribution is -0.157. The van der Waals surface area contributed by atoms with Gasteiger partial charge in [0.15, 0.2) is 0 Å². The summed E-state index contributed by atoms with van der Waals surface area (Å²) in [5.41, 5.74) is 0.464. The Balaban J connectivity index is 1.45. The summed E-state index contributed by atoms with van der Waals surface area (Å²) in [4.78, 5) is 19.9. The van der Waals surface area contributed by atoms with E-state index in [0.29, 0.717) is 31.2 Å². The molecule has 34 heavy (non-hydrogen) atoms. The summed E-state index contributed by atoms with van der Waals surface area (Å²) in [6, 6.07) is 7.31. The van der Waals surface area contributed by atoms with E-state index in [0.717, 1.165) is 58.0 Å². The summed E-state index contributed by atoms with van der Waals surface area (Å²) in [7, 11) is 2.09. The molecule has 1 aromatic carbocycles. The molecule has 0 saturated carbocycles. The van der Waals surface area contributed by atoms with Crippen molar-refractivity contribution in [1.29, 1.82) is 0 Å². The predicted octanol–water partition coefficient (Wildman–Crippen LogP) is 2.76. The molecule has 0 radical (unpaired) electrons. The van der Waals surface area contributed by atoms with E-state index in [9.17, 15) is 4.79 Å². The van der Waals surface area contributed by atoms with Crippen LogP contribution in [0.5, 0.6) is 5.75 Å². The lowest BCUT2D eigenvalue weighted by Gasteiger charge is -2.43. The minimum atomic E-state index is -0.711. The molecule has 3 heterocycles. The van der Waals surface area contributed by atoms with Crippen LogP contribution in [0.25, 0.3) is 0 Å². The van der Waals surface area contributed by atoms with Crippen LogP contribution < -0.4 is 4.74 Å². The number of rotatable bonds is 9. The predicted molar refractivity (Wildman–Crippen MR) is 132 cm³/mol. The summed E-state index contributed by atoms with van der Waals surface area (Å²) in [5.74, 6) is 0.850. The summed E-state index contributed by atoms with van der Waals surface area (Å²) < 4.78 is 14.5. The van der Waals surface area contributed by atoms with E-state index < -0.39 is 5.60 Å². The highest BCUT2D eigenvalue weighted by atomic mass is 35.5. The molecule has 1 aromatic heterocycles. The highest BCUT2D eigenvalue weighted by Gasteiger charge is 2.41. The first kappa shape index (κ1) is 25.0. The number of piperazine rings is 1. The standard InChI is InChI=1S/C25H36ClN5O3/c1-3-8-31-18-21(16-27-31)17-29-13-14-34-25(19-29,20-33-23-6-4-22(26)5-7-23)15-24(32)30-11-9-28(2)10-12-30/h4-7,16,18H,3,8-15,17,19-20H2,1-2H3/t25-/m0/s1. The number of carbonyl (C=O) groups is 1. The van der Waals surface area contributed by atoms with E-state index in [4.69, 9.17) is 21.1 Å². The van der Waals surface area contributed by atoms with Crippen LogP contribution in [0.15, 0.2) is 36.7 Å². The molecule has 0 aliphatic carbocycles. The largest absolute Gasteiger partial charge is 0.491 e. The van der Waals surface area contributed by atoms with Crippen LogP contribution in [-0.2, 0) is 22.6 Å². The molecular weight excluding hydrogens is 454 g/mol. The van der Waals surface area contributed by atoms with Gasteiger partial charge >= 0.3 is 0 Å². The fraction of sp³-hybridized carbons (Fsp3) is 0.600. The van der Waals surface area contributed by atoms with Gasteiger partial charge in [-0.1, -0.05) is 18.5 Å². The minimum absolute atomic E-state index is 0.130. The second-order valence-electron chi connectivity index (χ2n) is 9.46. The van der Waals surface area contributed by atoms with Gasteiger partial charge in [-0.05, 0) is 37.7 Å². The number of benzene rings is 1. The molecule has 0 N–H and O–H groups in total.